The second-order valence-electron chi connectivity index (χ2n) is 7.89. The van der Waals surface area contributed by atoms with Crippen molar-refractivity contribution >= 4 is 29.1 Å². The maximum absolute atomic E-state index is 13.0. The quantitative estimate of drug-likeness (QED) is 0.524. The topological polar surface area (TPSA) is 62.5 Å². The molecular weight excluding hydrogens is 435 g/mol. The zero-order valence-electron chi connectivity index (χ0n) is 17.3. The first-order valence-corrected chi connectivity index (χ1v) is 11.0. The first-order chi connectivity index (χ1) is 15.0. The van der Waals surface area contributed by atoms with Gasteiger partial charge < -0.3 is 9.42 Å². The van der Waals surface area contributed by atoms with E-state index in [1.165, 1.54) is 0 Å². The Hall–Kier alpha value is -2.41. The maximum Gasteiger partial charge on any atom is 0.241 e. The van der Waals surface area contributed by atoms with Crippen LogP contribution in [0.5, 0.6) is 0 Å². The minimum Gasteiger partial charge on any atom is -0.341 e. The summed E-state index contributed by atoms with van der Waals surface area (Å²) >= 11 is 12.2. The molecule has 1 aliphatic heterocycles. The van der Waals surface area contributed by atoms with E-state index in [2.05, 4.69) is 15.0 Å². The number of carbonyl (C=O) groups is 1. The molecule has 1 unspecified atom stereocenters. The predicted molar refractivity (Wildman–Crippen MR) is 121 cm³/mol. The van der Waals surface area contributed by atoms with Crippen LogP contribution < -0.4 is 0 Å². The molecule has 1 aromatic heterocycles. The molecule has 0 N–H and O–H groups in total. The van der Waals surface area contributed by atoms with Crippen molar-refractivity contribution in [2.24, 2.45) is 5.92 Å². The second-order valence-corrected chi connectivity index (χ2v) is 8.73. The van der Waals surface area contributed by atoms with E-state index in [1.807, 2.05) is 49.5 Å². The number of rotatable bonds is 6. The number of aromatic nitrogens is 2. The Labute approximate surface area is 191 Å². The van der Waals surface area contributed by atoms with Crippen molar-refractivity contribution in [1.29, 1.82) is 0 Å². The molecule has 0 saturated carbocycles. The lowest BCUT2D eigenvalue weighted by Crippen LogP contribution is -2.43. The van der Waals surface area contributed by atoms with E-state index >= 15 is 0 Å². The highest BCUT2D eigenvalue weighted by Crippen LogP contribution is 2.26. The Balaban J connectivity index is 1.36. The van der Waals surface area contributed by atoms with Crippen molar-refractivity contribution < 1.29 is 9.32 Å². The molecule has 0 radical (unpaired) electrons. The van der Waals surface area contributed by atoms with Crippen LogP contribution in [0.25, 0.3) is 11.4 Å². The van der Waals surface area contributed by atoms with Gasteiger partial charge in [0, 0.05) is 30.7 Å². The first kappa shape index (κ1) is 21.8. The normalized spacial score (nSPS) is 16.9. The van der Waals surface area contributed by atoms with E-state index in [9.17, 15) is 4.79 Å². The maximum atomic E-state index is 13.0. The number of carbonyl (C=O) groups excluding carboxylic acids is 1. The molecule has 2 aromatic carbocycles. The second kappa shape index (κ2) is 9.81. The summed E-state index contributed by atoms with van der Waals surface area (Å²) < 4.78 is 5.44. The molecule has 1 atom stereocenters. The zero-order chi connectivity index (χ0) is 21.8. The van der Waals surface area contributed by atoms with Gasteiger partial charge in [0.15, 0.2) is 0 Å². The Morgan fingerprint density at radius 2 is 1.97 bits per heavy atom. The molecule has 1 saturated heterocycles. The van der Waals surface area contributed by atoms with Gasteiger partial charge in [-0.3, -0.25) is 9.69 Å². The van der Waals surface area contributed by atoms with Crippen LogP contribution in [0.15, 0.2) is 53.1 Å². The van der Waals surface area contributed by atoms with Crippen LogP contribution in [0.2, 0.25) is 10.0 Å². The highest BCUT2D eigenvalue weighted by Gasteiger charge is 2.29. The summed E-state index contributed by atoms with van der Waals surface area (Å²) in [5, 5.41) is 5.35. The zero-order valence-corrected chi connectivity index (χ0v) is 18.8. The van der Waals surface area contributed by atoms with Crippen LogP contribution in [-0.2, 0) is 17.9 Å². The lowest BCUT2D eigenvalue weighted by Gasteiger charge is -2.33. The average Bonchev–Trinajstić information content (AvgIpc) is 3.23. The van der Waals surface area contributed by atoms with Crippen molar-refractivity contribution in [2.75, 3.05) is 20.1 Å². The van der Waals surface area contributed by atoms with Crippen LogP contribution in [0, 0.1) is 5.92 Å². The van der Waals surface area contributed by atoms with Gasteiger partial charge in [-0.05, 0) is 49.2 Å². The van der Waals surface area contributed by atoms with Gasteiger partial charge in [-0.1, -0.05) is 52.6 Å². The minimum absolute atomic E-state index is 0.0444. The molecular formula is C23H24Cl2N4O2. The fraction of sp³-hybridized carbons (Fsp3) is 0.348. The number of likely N-dealkylation sites (tertiary alicyclic amines) is 1. The molecule has 0 aliphatic carbocycles. The van der Waals surface area contributed by atoms with Crippen molar-refractivity contribution in [1.82, 2.24) is 19.9 Å². The lowest BCUT2D eigenvalue weighted by atomic mass is 9.96. The standard InChI is InChI=1S/C23H24Cl2N4O2/c1-28(13-16-8-10-18(24)11-9-16)23(30)17-5-4-12-29(14-17)15-21-26-22(27-31-21)19-6-2-3-7-20(19)25/h2-3,6-11,17H,4-5,12-15H2,1H3. The summed E-state index contributed by atoms with van der Waals surface area (Å²) in [7, 11) is 1.85. The molecule has 2 heterocycles. The van der Waals surface area contributed by atoms with Crippen molar-refractivity contribution in [3.63, 3.8) is 0 Å². The van der Waals surface area contributed by atoms with Crippen LogP contribution in [0.1, 0.15) is 24.3 Å². The first-order valence-electron chi connectivity index (χ1n) is 10.3. The number of halogens is 2. The third-order valence-electron chi connectivity index (χ3n) is 5.51. The average molecular weight is 459 g/mol. The van der Waals surface area contributed by atoms with Gasteiger partial charge in [-0.2, -0.15) is 4.98 Å². The van der Waals surface area contributed by atoms with Gasteiger partial charge in [0.25, 0.3) is 0 Å². The Morgan fingerprint density at radius 3 is 2.74 bits per heavy atom. The highest BCUT2D eigenvalue weighted by molar-refractivity contribution is 6.33. The van der Waals surface area contributed by atoms with Gasteiger partial charge in [0.2, 0.25) is 17.6 Å². The summed E-state index contributed by atoms with van der Waals surface area (Å²) in [5.41, 5.74) is 1.81. The van der Waals surface area contributed by atoms with E-state index < -0.39 is 0 Å². The molecule has 6 nitrogen and oxygen atoms in total. The van der Waals surface area contributed by atoms with E-state index in [0.29, 0.717) is 41.4 Å². The summed E-state index contributed by atoms with van der Waals surface area (Å²) in [6, 6.07) is 15.0. The summed E-state index contributed by atoms with van der Waals surface area (Å²) in [5.74, 6) is 1.12. The molecule has 8 heteroatoms. The largest absolute Gasteiger partial charge is 0.341 e. The van der Waals surface area contributed by atoms with E-state index in [0.717, 1.165) is 30.5 Å². The molecule has 1 fully saturated rings. The number of nitrogens with zero attached hydrogens (tertiary/aromatic N) is 4. The van der Waals surface area contributed by atoms with Gasteiger partial charge in [0.1, 0.15) is 0 Å². The van der Waals surface area contributed by atoms with Crippen LogP contribution >= 0.6 is 23.2 Å². The molecule has 3 aromatic rings. The Bertz CT molecular complexity index is 1040. The number of hydrogen-bond acceptors (Lipinski definition) is 5. The summed E-state index contributed by atoms with van der Waals surface area (Å²) in [4.78, 5) is 21.5. The van der Waals surface area contributed by atoms with Crippen molar-refractivity contribution in [3.8, 4) is 11.4 Å². The Kier molecular flexibility index (Phi) is 6.90. The fourth-order valence-corrected chi connectivity index (χ4v) is 4.26. The Morgan fingerprint density at radius 1 is 1.19 bits per heavy atom. The van der Waals surface area contributed by atoms with Gasteiger partial charge in [-0.15, -0.1) is 0 Å². The molecule has 162 valence electrons. The van der Waals surface area contributed by atoms with Crippen LogP contribution in [0.4, 0.5) is 0 Å². The minimum atomic E-state index is -0.0444. The molecule has 0 spiro atoms. The van der Waals surface area contributed by atoms with Crippen LogP contribution in [0.3, 0.4) is 0 Å². The fourth-order valence-electron chi connectivity index (χ4n) is 3.92. The molecule has 1 amide bonds. The highest BCUT2D eigenvalue weighted by atomic mass is 35.5. The van der Waals surface area contributed by atoms with E-state index in [1.54, 1.807) is 11.0 Å². The summed E-state index contributed by atoms with van der Waals surface area (Å²) in [6.45, 7) is 2.65. The van der Waals surface area contributed by atoms with Gasteiger partial charge in [0.05, 0.1) is 17.5 Å². The van der Waals surface area contributed by atoms with E-state index in [4.69, 9.17) is 27.7 Å². The molecule has 4 rings (SSSR count). The molecule has 1 aliphatic rings. The number of amides is 1. The number of benzene rings is 2. The predicted octanol–water partition coefficient (Wildman–Crippen LogP) is 4.91. The molecule has 0 bridgehead atoms. The van der Waals surface area contributed by atoms with Gasteiger partial charge >= 0.3 is 0 Å². The monoisotopic (exact) mass is 458 g/mol. The molecule has 31 heavy (non-hydrogen) atoms. The number of hydrogen-bond donors (Lipinski definition) is 0. The van der Waals surface area contributed by atoms with E-state index in [-0.39, 0.29) is 11.8 Å². The third kappa shape index (κ3) is 5.45. The lowest BCUT2D eigenvalue weighted by molar-refractivity contribution is -0.136. The van der Waals surface area contributed by atoms with Crippen molar-refractivity contribution in [3.05, 3.63) is 70.0 Å². The number of piperidine rings is 1. The smallest absolute Gasteiger partial charge is 0.241 e. The summed E-state index contributed by atoms with van der Waals surface area (Å²) in [6.07, 6.45) is 1.84. The SMILES string of the molecule is CN(Cc1ccc(Cl)cc1)C(=O)C1CCCN(Cc2nc(-c3ccccc3Cl)no2)C1. The third-order valence-corrected chi connectivity index (χ3v) is 6.09. The van der Waals surface area contributed by atoms with Gasteiger partial charge in [-0.25, -0.2) is 0 Å². The van der Waals surface area contributed by atoms with Crippen LogP contribution in [-0.4, -0.2) is 46.0 Å². The van der Waals surface area contributed by atoms with Crippen molar-refractivity contribution in [2.45, 2.75) is 25.9 Å².